The lowest BCUT2D eigenvalue weighted by atomic mass is 9.92. The molecule has 6 atom stereocenters. The predicted molar refractivity (Wildman–Crippen MR) is 79.9 cm³/mol. The predicted octanol–water partition coefficient (Wildman–Crippen LogP) is -0.102. The highest BCUT2D eigenvalue weighted by atomic mass is 16.7. The number of fused-ring (bicyclic) bond motifs is 1. The molecule has 2 saturated heterocycles. The first-order chi connectivity index (χ1) is 11.7. The van der Waals surface area contributed by atoms with Gasteiger partial charge in [0.15, 0.2) is 12.4 Å². The first-order valence-corrected chi connectivity index (χ1v) is 7.36. The number of carbonyl (C=O) groups is 1. The lowest BCUT2D eigenvalue weighted by Crippen LogP contribution is -2.64. The van der Waals surface area contributed by atoms with Gasteiger partial charge in [-0.05, 0) is 5.53 Å². The average Bonchev–Trinajstić information content (AvgIpc) is 2.63. The number of nitrogens with two attached hydrogens (primary N) is 1. The van der Waals surface area contributed by atoms with Crippen LogP contribution in [-0.4, -0.2) is 48.1 Å². The second-order valence-corrected chi connectivity index (χ2v) is 5.47. The number of hydrazine groups is 1. The first kappa shape index (κ1) is 16.7. The number of aliphatic hydroxyl groups excluding tert-OH is 1. The highest BCUT2D eigenvalue weighted by Gasteiger charge is 2.51. The Hall–Kier alpha value is -2.20. The van der Waals surface area contributed by atoms with Crippen LogP contribution >= 0.6 is 0 Å². The van der Waals surface area contributed by atoms with E-state index in [-0.39, 0.29) is 6.61 Å². The van der Waals surface area contributed by atoms with Crippen molar-refractivity contribution in [3.8, 4) is 0 Å². The Morgan fingerprint density at radius 3 is 2.79 bits per heavy atom. The number of aliphatic hydroxyl groups is 1. The fourth-order valence-corrected chi connectivity index (χ4v) is 2.88. The summed E-state index contributed by atoms with van der Waals surface area (Å²) in [6.45, 7) is 0.114. The monoisotopic (exact) mass is 335 g/mol. The second-order valence-electron chi connectivity index (χ2n) is 5.47. The van der Waals surface area contributed by atoms with E-state index in [1.54, 1.807) is 0 Å². The molecule has 0 radical (unpaired) electrons. The number of hydrogen-bond donors (Lipinski definition) is 3. The van der Waals surface area contributed by atoms with Gasteiger partial charge in [-0.2, -0.15) is 0 Å². The Balaban J connectivity index is 1.83. The van der Waals surface area contributed by atoms with Crippen LogP contribution in [-0.2, 0) is 19.0 Å². The van der Waals surface area contributed by atoms with Gasteiger partial charge in [-0.1, -0.05) is 35.4 Å². The molecule has 0 aliphatic carbocycles. The SMILES string of the molecule is [N-]=[N+]=N[C@@H]1C(O)[C@H](C(=O)NN)OC2COC(c3ccccc3)O[C@@H]21. The lowest BCUT2D eigenvalue weighted by molar-refractivity contribution is -0.303. The Bertz CT molecular complexity index is 638. The molecule has 2 aliphatic rings. The van der Waals surface area contributed by atoms with E-state index in [0.717, 1.165) is 5.56 Å². The Kier molecular flexibility index (Phi) is 4.95. The molecule has 128 valence electrons. The summed E-state index contributed by atoms with van der Waals surface area (Å²) in [5, 5.41) is 13.9. The molecule has 1 aromatic carbocycles. The summed E-state index contributed by atoms with van der Waals surface area (Å²) in [6, 6.07) is 8.20. The summed E-state index contributed by atoms with van der Waals surface area (Å²) in [6.07, 6.45) is -4.77. The van der Waals surface area contributed by atoms with E-state index >= 15 is 0 Å². The van der Waals surface area contributed by atoms with Crippen LogP contribution < -0.4 is 11.3 Å². The summed E-state index contributed by atoms with van der Waals surface area (Å²) < 4.78 is 17.0. The van der Waals surface area contributed by atoms with Gasteiger partial charge in [0.1, 0.15) is 18.3 Å². The van der Waals surface area contributed by atoms with E-state index in [1.165, 1.54) is 0 Å². The summed E-state index contributed by atoms with van der Waals surface area (Å²) in [5.41, 5.74) is 11.5. The highest BCUT2D eigenvalue weighted by Crippen LogP contribution is 2.35. The van der Waals surface area contributed by atoms with Crippen molar-refractivity contribution in [1.82, 2.24) is 5.43 Å². The quantitative estimate of drug-likeness (QED) is 0.175. The standard InChI is InChI=1S/C14H17N5O5/c15-17-13(21)12-10(20)9(18-19-16)11-8(23-12)6-22-14(24-11)7-4-2-1-3-5-7/h1-5,8-12,14,20H,6,15H2,(H,17,21)/t8?,9-,10?,11+,12-,14?/m1/s1. The highest BCUT2D eigenvalue weighted by molar-refractivity contribution is 5.81. The summed E-state index contributed by atoms with van der Waals surface area (Å²) in [5.74, 6) is 4.38. The van der Waals surface area contributed by atoms with E-state index in [1.807, 2.05) is 35.8 Å². The maximum Gasteiger partial charge on any atom is 0.265 e. The number of carbonyl (C=O) groups excluding carboxylic acids is 1. The molecule has 24 heavy (non-hydrogen) atoms. The number of nitrogens with one attached hydrogen (secondary N) is 1. The molecule has 2 aliphatic heterocycles. The van der Waals surface area contributed by atoms with Gasteiger partial charge in [0.05, 0.1) is 12.6 Å². The maximum atomic E-state index is 11.7. The molecule has 4 N–H and O–H groups in total. The van der Waals surface area contributed by atoms with Crippen molar-refractivity contribution in [1.29, 1.82) is 0 Å². The van der Waals surface area contributed by atoms with Gasteiger partial charge in [-0.25, -0.2) is 5.84 Å². The molecular weight excluding hydrogens is 318 g/mol. The van der Waals surface area contributed by atoms with Gasteiger partial charge >= 0.3 is 0 Å². The van der Waals surface area contributed by atoms with Gasteiger partial charge in [-0.3, -0.25) is 10.2 Å². The third kappa shape index (κ3) is 3.06. The fourth-order valence-electron chi connectivity index (χ4n) is 2.88. The molecule has 1 aromatic rings. The molecule has 0 aromatic heterocycles. The third-order valence-corrected chi connectivity index (χ3v) is 4.03. The smallest absolute Gasteiger partial charge is 0.265 e. The van der Waals surface area contributed by atoms with Crippen LogP contribution in [0.25, 0.3) is 10.4 Å². The maximum absolute atomic E-state index is 11.7. The molecular formula is C14H17N5O5. The van der Waals surface area contributed by atoms with Crippen LogP contribution in [0, 0.1) is 0 Å². The van der Waals surface area contributed by atoms with Gasteiger partial charge in [0.2, 0.25) is 0 Å². The van der Waals surface area contributed by atoms with Crippen molar-refractivity contribution in [3.63, 3.8) is 0 Å². The average molecular weight is 335 g/mol. The van der Waals surface area contributed by atoms with Crippen molar-refractivity contribution >= 4 is 5.91 Å². The normalized spacial score (nSPS) is 35.4. The Morgan fingerprint density at radius 2 is 2.12 bits per heavy atom. The van der Waals surface area contributed by atoms with Gasteiger partial charge in [0.25, 0.3) is 5.91 Å². The number of nitrogens with zero attached hydrogens (tertiary/aromatic N) is 3. The molecule has 2 heterocycles. The minimum absolute atomic E-state index is 0.114. The number of hydrogen-bond acceptors (Lipinski definition) is 7. The van der Waals surface area contributed by atoms with E-state index < -0.39 is 42.7 Å². The molecule has 3 rings (SSSR count). The zero-order valence-corrected chi connectivity index (χ0v) is 12.6. The van der Waals surface area contributed by atoms with E-state index in [0.29, 0.717) is 0 Å². The van der Waals surface area contributed by atoms with Crippen molar-refractivity contribution in [2.75, 3.05) is 6.61 Å². The largest absolute Gasteiger partial charge is 0.389 e. The van der Waals surface area contributed by atoms with Crippen LogP contribution in [0.2, 0.25) is 0 Å². The third-order valence-electron chi connectivity index (χ3n) is 4.03. The minimum atomic E-state index is -1.39. The Labute approximate surface area is 137 Å². The second kappa shape index (κ2) is 7.14. The fraction of sp³-hybridized carbons (Fsp3) is 0.500. The first-order valence-electron chi connectivity index (χ1n) is 7.36. The van der Waals surface area contributed by atoms with Crippen LogP contribution in [0.15, 0.2) is 35.4 Å². The van der Waals surface area contributed by atoms with Crippen LogP contribution in [0.1, 0.15) is 11.9 Å². The molecule has 10 nitrogen and oxygen atoms in total. The molecule has 2 fully saturated rings. The molecule has 10 heteroatoms. The van der Waals surface area contributed by atoms with Crippen molar-refractivity contribution in [2.24, 2.45) is 11.0 Å². The molecule has 0 saturated carbocycles. The van der Waals surface area contributed by atoms with E-state index in [2.05, 4.69) is 10.0 Å². The molecule has 1 amide bonds. The van der Waals surface area contributed by atoms with Crippen molar-refractivity contribution in [2.45, 2.75) is 36.7 Å². The summed E-state index contributed by atoms with van der Waals surface area (Å²) >= 11 is 0. The summed E-state index contributed by atoms with van der Waals surface area (Å²) in [4.78, 5) is 14.5. The zero-order chi connectivity index (χ0) is 17.1. The summed E-state index contributed by atoms with van der Waals surface area (Å²) in [7, 11) is 0. The van der Waals surface area contributed by atoms with Crippen LogP contribution in [0.4, 0.5) is 0 Å². The van der Waals surface area contributed by atoms with Gasteiger partial charge in [-0.15, -0.1) is 0 Å². The van der Waals surface area contributed by atoms with Gasteiger partial charge in [0, 0.05) is 10.5 Å². The topological polar surface area (TPSA) is 152 Å². The molecule has 0 spiro atoms. The number of rotatable bonds is 3. The number of amides is 1. The van der Waals surface area contributed by atoms with E-state index in [4.69, 9.17) is 25.6 Å². The van der Waals surface area contributed by atoms with Crippen LogP contribution in [0.3, 0.4) is 0 Å². The minimum Gasteiger partial charge on any atom is -0.389 e. The number of ether oxygens (including phenoxy) is 3. The van der Waals surface area contributed by atoms with Gasteiger partial charge < -0.3 is 19.3 Å². The molecule has 3 unspecified atom stereocenters. The zero-order valence-electron chi connectivity index (χ0n) is 12.6. The lowest BCUT2D eigenvalue weighted by Gasteiger charge is -2.46. The Morgan fingerprint density at radius 1 is 1.38 bits per heavy atom. The number of azide groups is 1. The number of benzene rings is 1. The van der Waals surface area contributed by atoms with E-state index in [9.17, 15) is 9.90 Å². The van der Waals surface area contributed by atoms with Crippen molar-refractivity contribution in [3.05, 3.63) is 46.3 Å². The van der Waals surface area contributed by atoms with Crippen molar-refractivity contribution < 1.29 is 24.1 Å². The van der Waals surface area contributed by atoms with Crippen LogP contribution in [0.5, 0.6) is 0 Å². The molecule has 0 bridgehead atoms.